The molecule has 0 saturated heterocycles. The third-order valence-electron chi connectivity index (χ3n) is 4.36. The maximum atomic E-state index is 13.2. The molecular formula is C21H18ClFN4O3. The van der Waals surface area contributed by atoms with Gasteiger partial charge in [0.1, 0.15) is 18.1 Å². The Morgan fingerprint density at radius 1 is 1.00 bits per heavy atom. The first kappa shape index (κ1) is 21.2. The number of carbonyl (C=O) groups is 2. The fourth-order valence-electron chi connectivity index (χ4n) is 2.61. The minimum absolute atomic E-state index is 0.0227. The van der Waals surface area contributed by atoms with Gasteiger partial charge in [-0.3, -0.25) is 14.4 Å². The number of aryl methyl sites for hydroxylation is 2. The van der Waals surface area contributed by atoms with E-state index in [1.807, 2.05) is 26.0 Å². The molecule has 3 rings (SSSR count). The molecule has 0 atom stereocenters. The predicted octanol–water partition coefficient (Wildman–Crippen LogP) is 3.54. The number of benzene rings is 2. The Balaban J connectivity index is 1.73. The van der Waals surface area contributed by atoms with Crippen LogP contribution >= 0.6 is 11.6 Å². The van der Waals surface area contributed by atoms with Crippen molar-refractivity contribution in [1.82, 2.24) is 9.78 Å². The van der Waals surface area contributed by atoms with Gasteiger partial charge in [-0.1, -0.05) is 17.7 Å². The molecule has 0 bridgehead atoms. The van der Waals surface area contributed by atoms with Gasteiger partial charge in [0.05, 0.1) is 5.02 Å². The van der Waals surface area contributed by atoms with E-state index in [0.29, 0.717) is 5.69 Å². The smallest absolute Gasteiger partial charge is 0.276 e. The summed E-state index contributed by atoms with van der Waals surface area (Å²) in [6.45, 7) is 3.46. The molecule has 3 aromatic rings. The monoisotopic (exact) mass is 428 g/mol. The normalized spacial score (nSPS) is 10.5. The second-order valence-corrected chi connectivity index (χ2v) is 7.05. The lowest BCUT2D eigenvalue weighted by Gasteiger charge is -2.10. The summed E-state index contributed by atoms with van der Waals surface area (Å²) in [4.78, 5) is 36.7. The summed E-state index contributed by atoms with van der Waals surface area (Å²) in [5.41, 5.74) is 2.39. The van der Waals surface area contributed by atoms with Crippen molar-refractivity contribution in [2.75, 3.05) is 10.6 Å². The average Bonchev–Trinajstić information content (AvgIpc) is 2.69. The number of halogens is 2. The minimum atomic E-state index is -0.616. The highest BCUT2D eigenvalue weighted by Gasteiger charge is 2.13. The number of amides is 2. The third-order valence-corrected chi connectivity index (χ3v) is 4.65. The van der Waals surface area contributed by atoms with E-state index in [0.717, 1.165) is 27.9 Å². The summed E-state index contributed by atoms with van der Waals surface area (Å²) in [6.07, 6.45) is 0. The number of rotatable bonds is 5. The van der Waals surface area contributed by atoms with Crippen molar-refractivity contribution in [3.8, 4) is 0 Å². The Bertz CT molecular complexity index is 1190. The van der Waals surface area contributed by atoms with Gasteiger partial charge in [-0.25, -0.2) is 9.07 Å². The van der Waals surface area contributed by atoms with Crippen LogP contribution in [0.3, 0.4) is 0 Å². The van der Waals surface area contributed by atoms with Crippen molar-refractivity contribution in [2.24, 2.45) is 0 Å². The number of carbonyl (C=O) groups excluding carboxylic acids is 2. The van der Waals surface area contributed by atoms with Crippen LogP contribution in [0.15, 0.2) is 53.3 Å². The van der Waals surface area contributed by atoms with Gasteiger partial charge in [0.2, 0.25) is 5.91 Å². The number of nitrogens with zero attached hydrogens (tertiary/aromatic N) is 2. The second kappa shape index (κ2) is 8.87. The van der Waals surface area contributed by atoms with Crippen LogP contribution in [0.1, 0.15) is 21.6 Å². The molecule has 0 saturated carbocycles. The van der Waals surface area contributed by atoms with E-state index in [-0.39, 0.29) is 16.4 Å². The van der Waals surface area contributed by atoms with Crippen LogP contribution in [-0.4, -0.2) is 21.6 Å². The lowest BCUT2D eigenvalue weighted by atomic mass is 10.1. The lowest BCUT2D eigenvalue weighted by Crippen LogP contribution is -2.31. The molecule has 1 heterocycles. The molecule has 30 heavy (non-hydrogen) atoms. The number of anilines is 2. The molecule has 0 aliphatic heterocycles. The molecule has 0 fully saturated rings. The standard InChI is InChI=1S/C21H18ClFN4O3/c1-12-3-4-14(9-13(12)2)25-21(30)18-7-8-20(29)27(26-18)11-19(28)24-15-5-6-17(23)16(22)10-15/h3-10H,11H2,1-2H3,(H,24,28)(H,25,30). The van der Waals surface area contributed by atoms with Crippen molar-refractivity contribution < 1.29 is 14.0 Å². The van der Waals surface area contributed by atoms with Crippen molar-refractivity contribution in [3.05, 3.63) is 86.5 Å². The van der Waals surface area contributed by atoms with Crippen LogP contribution in [-0.2, 0) is 11.3 Å². The van der Waals surface area contributed by atoms with E-state index in [4.69, 9.17) is 11.6 Å². The van der Waals surface area contributed by atoms with Crippen LogP contribution in [0.25, 0.3) is 0 Å². The van der Waals surface area contributed by atoms with Gasteiger partial charge in [0, 0.05) is 17.4 Å². The fraction of sp³-hybridized carbons (Fsp3) is 0.143. The van der Waals surface area contributed by atoms with E-state index < -0.39 is 29.7 Å². The molecule has 0 aliphatic rings. The topological polar surface area (TPSA) is 93.1 Å². The van der Waals surface area contributed by atoms with Crippen LogP contribution in [0, 0.1) is 19.7 Å². The summed E-state index contributed by atoms with van der Waals surface area (Å²) in [7, 11) is 0. The van der Waals surface area contributed by atoms with Gasteiger partial charge < -0.3 is 10.6 Å². The highest BCUT2D eigenvalue weighted by atomic mass is 35.5. The summed E-state index contributed by atoms with van der Waals surface area (Å²) in [6, 6.07) is 11.6. The molecule has 0 aliphatic carbocycles. The Kier molecular flexibility index (Phi) is 6.27. The zero-order valence-electron chi connectivity index (χ0n) is 16.2. The highest BCUT2D eigenvalue weighted by Crippen LogP contribution is 2.19. The van der Waals surface area contributed by atoms with Gasteiger partial charge in [-0.05, 0) is 61.4 Å². The maximum Gasteiger partial charge on any atom is 0.276 e. The van der Waals surface area contributed by atoms with Gasteiger partial charge in [-0.2, -0.15) is 5.10 Å². The van der Waals surface area contributed by atoms with E-state index in [1.54, 1.807) is 6.07 Å². The van der Waals surface area contributed by atoms with Crippen molar-refractivity contribution in [2.45, 2.75) is 20.4 Å². The SMILES string of the molecule is Cc1ccc(NC(=O)c2ccc(=O)n(CC(=O)Nc3ccc(F)c(Cl)c3)n2)cc1C. The van der Waals surface area contributed by atoms with E-state index in [2.05, 4.69) is 15.7 Å². The number of aromatic nitrogens is 2. The molecular weight excluding hydrogens is 411 g/mol. The van der Waals surface area contributed by atoms with Crippen LogP contribution in [0.4, 0.5) is 15.8 Å². The zero-order chi connectivity index (χ0) is 21.8. The largest absolute Gasteiger partial charge is 0.324 e. The first-order valence-corrected chi connectivity index (χ1v) is 9.32. The van der Waals surface area contributed by atoms with Crippen LogP contribution < -0.4 is 16.2 Å². The number of hydrogen-bond donors (Lipinski definition) is 2. The molecule has 1 aromatic heterocycles. The molecule has 2 N–H and O–H groups in total. The Labute approximate surface area is 176 Å². The first-order valence-electron chi connectivity index (χ1n) is 8.94. The first-order chi connectivity index (χ1) is 14.2. The summed E-state index contributed by atoms with van der Waals surface area (Å²) in [5.74, 6) is -1.72. The van der Waals surface area contributed by atoms with Crippen molar-refractivity contribution >= 4 is 34.8 Å². The lowest BCUT2D eigenvalue weighted by molar-refractivity contribution is -0.117. The molecule has 2 aromatic carbocycles. The Morgan fingerprint density at radius 3 is 2.40 bits per heavy atom. The fourth-order valence-corrected chi connectivity index (χ4v) is 2.79. The van der Waals surface area contributed by atoms with Crippen LogP contribution in [0.5, 0.6) is 0 Å². The summed E-state index contributed by atoms with van der Waals surface area (Å²) in [5, 5.41) is 9.03. The van der Waals surface area contributed by atoms with Gasteiger partial charge in [0.15, 0.2) is 0 Å². The van der Waals surface area contributed by atoms with Crippen LogP contribution in [0.2, 0.25) is 5.02 Å². The van der Waals surface area contributed by atoms with Crippen molar-refractivity contribution in [3.63, 3.8) is 0 Å². The molecule has 2 amide bonds. The molecule has 0 radical (unpaired) electrons. The van der Waals surface area contributed by atoms with E-state index in [1.165, 1.54) is 18.2 Å². The summed E-state index contributed by atoms with van der Waals surface area (Å²) < 4.78 is 14.1. The molecule has 154 valence electrons. The number of hydrogen-bond acceptors (Lipinski definition) is 4. The zero-order valence-corrected chi connectivity index (χ0v) is 17.0. The van der Waals surface area contributed by atoms with Gasteiger partial charge in [0.25, 0.3) is 11.5 Å². The number of nitrogens with one attached hydrogen (secondary N) is 2. The molecule has 0 spiro atoms. The quantitative estimate of drug-likeness (QED) is 0.650. The van der Waals surface area contributed by atoms with Crippen molar-refractivity contribution in [1.29, 1.82) is 0 Å². The molecule has 7 nitrogen and oxygen atoms in total. The van der Waals surface area contributed by atoms with Gasteiger partial charge in [-0.15, -0.1) is 0 Å². The highest BCUT2D eigenvalue weighted by molar-refractivity contribution is 6.31. The minimum Gasteiger partial charge on any atom is -0.324 e. The Morgan fingerprint density at radius 2 is 1.70 bits per heavy atom. The average molecular weight is 429 g/mol. The maximum absolute atomic E-state index is 13.2. The summed E-state index contributed by atoms with van der Waals surface area (Å²) >= 11 is 5.68. The van der Waals surface area contributed by atoms with E-state index in [9.17, 15) is 18.8 Å². The third kappa shape index (κ3) is 5.09. The molecule has 0 unspecified atom stereocenters. The predicted molar refractivity (Wildman–Crippen MR) is 112 cm³/mol. The second-order valence-electron chi connectivity index (χ2n) is 6.64. The van der Waals surface area contributed by atoms with Gasteiger partial charge >= 0.3 is 0 Å². The van der Waals surface area contributed by atoms with E-state index >= 15 is 0 Å². The Hall–Kier alpha value is -3.52. The molecule has 9 heteroatoms.